The maximum atomic E-state index is 13.5. The summed E-state index contributed by atoms with van der Waals surface area (Å²) in [5.74, 6) is -0.265. The lowest BCUT2D eigenvalue weighted by molar-refractivity contribution is 0.588. The van der Waals surface area contributed by atoms with Crippen molar-refractivity contribution in [1.82, 2.24) is 5.32 Å². The molecule has 0 aromatic heterocycles. The maximum Gasteiger partial charge on any atom is 0.129 e. The van der Waals surface area contributed by atoms with Gasteiger partial charge in [0.05, 0.1) is 0 Å². The third kappa shape index (κ3) is 3.31. The minimum absolute atomic E-state index is 0.265. The Labute approximate surface area is 112 Å². The van der Waals surface area contributed by atoms with Crippen molar-refractivity contribution in [2.75, 3.05) is 0 Å². The molecule has 0 aliphatic heterocycles. The molecule has 3 heteroatoms. The Morgan fingerprint density at radius 1 is 1.06 bits per heavy atom. The van der Waals surface area contributed by atoms with E-state index in [9.17, 15) is 4.39 Å². The molecule has 0 bridgehead atoms. The fourth-order valence-corrected chi connectivity index (χ4v) is 1.97. The summed E-state index contributed by atoms with van der Waals surface area (Å²) in [5, 5.41) is 3.66. The number of nitrogens with one attached hydrogen (secondary N) is 1. The van der Waals surface area contributed by atoms with Crippen molar-refractivity contribution >= 4 is 11.6 Å². The number of halogens is 2. The molecular weight excluding hydrogens is 249 g/mol. The summed E-state index contributed by atoms with van der Waals surface area (Å²) < 4.78 is 13.5. The molecule has 0 unspecified atom stereocenters. The summed E-state index contributed by atoms with van der Waals surface area (Å²) >= 11 is 5.95. The maximum absolute atomic E-state index is 13.5. The van der Waals surface area contributed by atoms with Crippen LogP contribution in [0.25, 0.3) is 0 Å². The summed E-state index contributed by atoms with van der Waals surface area (Å²) in [6.45, 7) is 3.18. The summed E-state index contributed by atoms with van der Waals surface area (Å²) in [7, 11) is 0. The Morgan fingerprint density at radius 3 is 2.44 bits per heavy atom. The Morgan fingerprint density at radius 2 is 1.78 bits per heavy atom. The van der Waals surface area contributed by atoms with Crippen molar-refractivity contribution in [3.05, 3.63) is 70.0 Å². The van der Waals surface area contributed by atoms with Gasteiger partial charge in [-0.1, -0.05) is 47.5 Å². The molecule has 0 saturated heterocycles. The van der Waals surface area contributed by atoms with Crippen molar-refractivity contribution in [2.45, 2.75) is 20.0 Å². The molecule has 1 nitrogen and oxygen atoms in total. The van der Waals surface area contributed by atoms with Gasteiger partial charge in [-0.15, -0.1) is 0 Å². The van der Waals surface area contributed by atoms with Crippen LogP contribution in [0.15, 0.2) is 42.5 Å². The van der Waals surface area contributed by atoms with E-state index in [-0.39, 0.29) is 5.82 Å². The van der Waals surface area contributed by atoms with Gasteiger partial charge >= 0.3 is 0 Å². The molecule has 0 radical (unpaired) electrons. The standard InChI is InChI=1S/C15H15ClFN/c1-11-5-7-12(8-6-11)9-18-10-13-14(16)3-2-4-15(13)17/h2-8,18H,9-10H2,1H3. The molecule has 94 valence electrons. The lowest BCUT2D eigenvalue weighted by Crippen LogP contribution is -2.14. The van der Waals surface area contributed by atoms with Crippen molar-refractivity contribution in [3.63, 3.8) is 0 Å². The minimum atomic E-state index is -0.265. The Kier molecular flexibility index (Phi) is 4.34. The molecule has 2 aromatic carbocycles. The Balaban J connectivity index is 1.94. The zero-order chi connectivity index (χ0) is 13.0. The second-order valence-corrected chi connectivity index (χ2v) is 4.70. The number of hydrogen-bond acceptors (Lipinski definition) is 1. The van der Waals surface area contributed by atoms with Gasteiger partial charge in [0.15, 0.2) is 0 Å². The number of benzene rings is 2. The zero-order valence-corrected chi connectivity index (χ0v) is 11.0. The molecule has 0 aliphatic rings. The average Bonchev–Trinajstić information content (AvgIpc) is 2.35. The van der Waals surface area contributed by atoms with E-state index in [2.05, 4.69) is 36.5 Å². The third-order valence-electron chi connectivity index (χ3n) is 2.81. The topological polar surface area (TPSA) is 12.0 Å². The van der Waals surface area contributed by atoms with E-state index in [0.29, 0.717) is 23.7 Å². The van der Waals surface area contributed by atoms with Crippen molar-refractivity contribution in [3.8, 4) is 0 Å². The van der Waals surface area contributed by atoms with Crippen molar-refractivity contribution in [1.29, 1.82) is 0 Å². The smallest absolute Gasteiger partial charge is 0.129 e. The first kappa shape index (κ1) is 13.1. The molecular formula is C15H15ClFN. The van der Waals surface area contributed by atoms with Gasteiger partial charge in [-0.25, -0.2) is 4.39 Å². The molecule has 0 saturated carbocycles. The molecule has 0 fully saturated rings. The van der Waals surface area contributed by atoms with Gasteiger partial charge in [-0.2, -0.15) is 0 Å². The predicted octanol–water partition coefficient (Wildman–Crippen LogP) is 4.08. The van der Waals surface area contributed by atoms with Gasteiger partial charge < -0.3 is 5.32 Å². The fourth-order valence-electron chi connectivity index (χ4n) is 1.74. The first-order valence-electron chi connectivity index (χ1n) is 5.86. The highest BCUT2D eigenvalue weighted by atomic mass is 35.5. The molecule has 0 amide bonds. The van der Waals surface area contributed by atoms with Crippen LogP contribution in [0.2, 0.25) is 5.02 Å². The van der Waals surface area contributed by atoms with Crippen LogP contribution in [-0.2, 0) is 13.1 Å². The van der Waals surface area contributed by atoms with Crippen LogP contribution in [0, 0.1) is 12.7 Å². The monoisotopic (exact) mass is 263 g/mol. The highest BCUT2D eigenvalue weighted by Gasteiger charge is 2.05. The highest BCUT2D eigenvalue weighted by molar-refractivity contribution is 6.31. The van der Waals surface area contributed by atoms with E-state index in [1.807, 2.05) is 0 Å². The molecule has 0 atom stereocenters. The molecule has 2 aromatic rings. The van der Waals surface area contributed by atoms with Crippen LogP contribution in [0.3, 0.4) is 0 Å². The van der Waals surface area contributed by atoms with E-state index in [4.69, 9.17) is 11.6 Å². The Hall–Kier alpha value is -1.38. The van der Waals surface area contributed by atoms with Crippen molar-refractivity contribution < 1.29 is 4.39 Å². The highest BCUT2D eigenvalue weighted by Crippen LogP contribution is 2.18. The molecule has 0 heterocycles. The van der Waals surface area contributed by atoms with Gasteiger partial charge in [0.2, 0.25) is 0 Å². The van der Waals surface area contributed by atoms with Gasteiger partial charge in [-0.05, 0) is 24.6 Å². The van der Waals surface area contributed by atoms with E-state index < -0.39 is 0 Å². The SMILES string of the molecule is Cc1ccc(CNCc2c(F)cccc2Cl)cc1. The average molecular weight is 264 g/mol. The van der Waals surface area contributed by atoms with Gasteiger partial charge in [0.25, 0.3) is 0 Å². The number of hydrogen-bond donors (Lipinski definition) is 1. The fraction of sp³-hybridized carbons (Fsp3) is 0.200. The van der Waals surface area contributed by atoms with Crippen LogP contribution in [0.4, 0.5) is 4.39 Å². The van der Waals surface area contributed by atoms with Gasteiger partial charge in [0.1, 0.15) is 5.82 Å². The summed E-state index contributed by atoms with van der Waals surface area (Å²) in [5.41, 5.74) is 2.93. The van der Waals surface area contributed by atoms with Gasteiger partial charge in [0, 0.05) is 23.7 Å². The summed E-state index contributed by atoms with van der Waals surface area (Å²) in [6.07, 6.45) is 0. The molecule has 0 spiro atoms. The molecule has 2 rings (SSSR count). The van der Waals surface area contributed by atoms with E-state index in [1.165, 1.54) is 17.2 Å². The minimum Gasteiger partial charge on any atom is -0.308 e. The lowest BCUT2D eigenvalue weighted by Gasteiger charge is -2.08. The first-order chi connectivity index (χ1) is 8.66. The lowest BCUT2D eigenvalue weighted by atomic mass is 10.1. The second kappa shape index (κ2) is 5.98. The number of aryl methyl sites for hydroxylation is 1. The predicted molar refractivity (Wildman–Crippen MR) is 73.1 cm³/mol. The van der Waals surface area contributed by atoms with Crippen LogP contribution in [0.5, 0.6) is 0 Å². The largest absolute Gasteiger partial charge is 0.308 e. The third-order valence-corrected chi connectivity index (χ3v) is 3.17. The normalized spacial score (nSPS) is 10.6. The van der Waals surface area contributed by atoms with Crippen molar-refractivity contribution in [2.24, 2.45) is 0 Å². The molecule has 18 heavy (non-hydrogen) atoms. The second-order valence-electron chi connectivity index (χ2n) is 4.29. The van der Waals surface area contributed by atoms with Crippen LogP contribution >= 0.6 is 11.6 Å². The quantitative estimate of drug-likeness (QED) is 0.877. The van der Waals surface area contributed by atoms with Crippen LogP contribution in [-0.4, -0.2) is 0 Å². The first-order valence-corrected chi connectivity index (χ1v) is 6.24. The van der Waals surface area contributed by atoms with E-state index in [0.717, 1.165) is 0 Å². The Bertz CT molecular complexity index is 502. The summed E-state index contributed by atoms with van der Waals surface area (Å²) in [4.78, 5) is 0. The van der Waals surface area contributed by atoms with E-state index >= 15 is 0 Å². The molecule has 0 aliphatic carbocycles. The van der Waals surface area contributed by atoms with Crippen LogP contribution < -0.4 is 5.32 Å². The zero-order valence-electron chi connectivity index (χ0n) is 10.2. The van der Waals surface area contributed by atoms with Crippen LogP contribution in [0.1, 0.15) is 16.7 Å². The van der Waals surface area contributed by atoms with Gasteiger partial charge in [-0.3, -0.25) is 0 Å². The number of rotatable bonds is 4. The molecule has 1 N–H and O–H groups in total. The van der Waals surface area contributed by atoms with E-state index in [1.54, 1.807) is 12.1 Å². The summed E-state index contributed by atoms with van der Waals surface area (Å²) in [6, 6.07) is 13.0.